The maximum absolute atomic E-state index is 12.9. The van der Waals surface area contributed by atoms with Crippen LogP contribution in [-0.4, -0.2) is 36.0 Å². The van der Waals surface area contributed by atoms with Crippen molar-refractivity contribution in [3.63, 3.8) is 0 Å². The molecule has 1 aliphatic heterocycles. The first-order valence-corrected chi connectivity index (χ1v) is 10.6. The predicted octanol–water partition coefficient (Wildman–Crippen LogP) is 3.13. The molecule has 0 aliphatic carbocycles. The Bertz CT molecular complexity index is 1010. The van der Waals surface area contributed by atoms with E-state index in [1.165, 1.54) is 15.6 Å². The fraction of sp³-hybridized carbons (Fsp3) is 0.294. The van der Waals surface area contributed by atoms with Gasteiger partial charge in [0.05, 0.1) is 0 Å². The third-order valence-corrected chi connectivity index (χ3v) is 7.35. The van der Waals surface area contributed by atoms with E-state index in [4.69, 9.17) is 10.3 Å². The van der Waals surface area contributed by atoms with Crippen molar-refractivity contribution in [1.29, 1.82) is 0 Å². The number of aromatic nitrogens is 2. The fourth-order valence-corrected chi connectivity index (χ4v) is 5.78. The zero-order chi connectivity index (χ0) is 18.1. The lowest BCUT2D eigenvalue weighted by atomic mass is 10.1. The largest absolute Gasteiger partial charge is 0.333 e. The topological polar surface area (TPSA) is 102 Å². The number of hydrogen-bond acceptors (Lipinski definition) is 7. The van der Waals surface area contributed by atoms with Crippen molar-refractivity contribution < 1.29 is 12.9 Å². The van der Waals surface area contributed by atoms with Crippen molar-refractivity contribution in [2.24, 2.45) is 5.73 Å². The minimum atomic E-state index is -3.54. The summed E-state index contributed by atoms with van der Waals surface area (Å²) in [5, 5.41) is 5.73. The van der Waals surface area contributed by atoms with Crippen molar-refractivity contribution in [2.45, 2.75) is 24.3 Å². The summed E-state index contributed by atoms with van der Waals surface area (Å²) < 4.78 is 32.6. The lowest BCUT2D eigenvalue weighted by Crippen LogP contribution is -2.27. The van der Waals surface area contributed by atoms with Gasteiger partial charge in [-0.1, -0.05) is 29.4 Å². The maximum atomic E-state index is 12.9. The Morgan fingerprint density at radius 3 is 2.52 bits per heavy atom. The maximum Gasteiger partial charge on any atom is 0.269 e. The van der Waals surface area contributed by atoms with Crippen molar-refractivity contribution >= 4 is 33.8 Å². The molecule has 3 heterocycles. The minimum Gasteiger partial charge on any atom is -0.333 e. The molecule has 0 atom stereocenters. The van der Waals surface area contributed by atoms with Crippen molar-refractivity contribution in [3.8, 4) is 22.2 Å². The molecule has 1 saturated heterocycles. The molecule has 7 nitrogen and oxygen atoms in total. The van der Waals surface area contributed by atoms with E-state index in [2.05, 4.69) is 10.1 Å². The molecular weight excluding hydrogens is 408 g/mol. The van der Waals surface area contributed by atoms with E-state index >= 15 is 0 Å². The number of thiophene rings is 1. The Morgan fingerprint density at radius 2 is 1.85 bits per heavy atom. The van der Waals surface area contributed by atoms with Crippen LogP contribution in [0.15, 0.2) is 45.1 Å². The van der Waals surface area contributed by atoms with Crippen molar-refractivity contribution in [3.05, 3.63) is 41.3 Å². The molecule has 1 aromatic carbocycles. The highest BCUT2D eigenvalue weighted by atomic mass is 35.5. The Kier molecular flexibility index (Phi) is 5.97. The molecule has 1 fully saturated rings. The molecule has 0 radical (unpaired) electrons. The van der Waals surface area contributed by atoms with Crippen molar-refractivity contribution in [2.75, 3.05) is 13.1 Å². The number of hydrogen-bond donors (Lipinski definition) is 1. The van der Waals surface area contributed by atoms with Gasteiger partial charge in [-0.15, -0.1) is 23.7 Å². The number of nitrogens with two attached hydrogens (primary N) is 1. The quantitative estimate of drug-likeness (QED) is 0.672. The van der Waals surface area contributed by atoms with E-state index in [0.29, 0.717) is 30.3 Å². The predicted molar refractivity (Wildman–Crippen MR) is 106 cm³/mol. The van der Waals surface area contributed by atoms with Crippen LogP contribution in [0.25, 0.3) is 22.2 Å². The van der Waals surface area contributed by atoms with E-state index in [1.807, 2.05) is 24.3 Å². The van der Waals surface area contributed by atoms with Crippen LogP contribution >= 0.6 is 23.7 Å². The SMILES string of the molecule is Cl.NCc1ccc(-c2noc(-c3sccc3S(=O)(=O)N3CCCC3)n2)cc1. The van der Waals surface area contributed by atoms with Crippen LogP contribution in [0.2, 0.25) is 0 Å². The Morgan fingerprint density at radius 1 is 1.15 bits per heavy atom. The molecule has 2 aromatic heterocycles. The number of nitrogens with zero attached hydrogens (tertiary/aromatic N) is 3. The third-order valence-electron chi connectivity index (χ3n) is 4.38. The second-order valence-corrected chi connectivity index (χ2v) is 8.87. The summed E-state index contributed by atoms with van der Waals surface area (Å²) in [6, 6.07) is 9.15. The highest BCUT2D eigenvalue weighted by molar-refractivity contribution is 7.89. The second kappa shape index (κ2) is 8.07. The highest BCUT2D eigenvalue weighted by Gasteiger charge is 2.31. The molecule has 2 N–H and O–H groups in total. The molecule has 0 amide bonds. The van der Waals surface area contributed by atoms with E-state index in [9.17, 15) is 8.42 Å². The summed E-state index contributed by atoms with van der Waals surface area (Å²) in [6.07, 6.45) is 1.78. The first-order valence-electron chi connectivity index (χ1n) is 8.31. The lowest BCUT2D eigenvalue weighted by molar-refractivity contribution is 0.431. The zero-order valence-corrected chi connectivity index (χ0v) is 16.8. The second-order valence-electron chi connectivity index (χ2n) is 6.05. The highest BCUT2D eigenvalue weighted by Crippen LogP contribution is 2.35. The summed E-state index contributed by atoms with van der Waals surface area (Å²) in [7, 11) is -3.54. The van der Waals surface area contributed by atoms with Gasteiger partial charge >= 0.3 is 0 Å². The minimum absolute atomic E-state index is 0. The van der Waals surface area contributed by atoms with E-state index in [1.54, 1.807) is 11.4 Å². The standard InChI is InChI=1S/C17H18N4O3S2.ClH/c18-11-12-3-5-13(6-4-12)16-19-17(24-20-16)15-14(7-10-25-15)26(22,23)21-8-1-2-9-21;/h3-7,10H,1-2,8-9,11,18H2;1H. The zero-order valence-electron chi connectivity index (χ0n) is 14.4. The number of sulfonamides is 1. The Hall–Kier alpha value is -1.78. The first-order chi connectivity index (χ1) is 12.6. The van der Waals surface area contributed by atoms with Crippen LogP contribution in [0.1, 0.15) is 18.4 Å². The average Bonchev–Trinajstić information content (AvgIpc) is 3.42. The van der Waals surface area contributed by atoms with Crippen LogP contribution in [0.4, 0.5) is 0 Å². The number of benzene rings is 1. The number of rotatable bonds is 5. The molecule has 10 heteroatoms. The summed E-state index contributed by atoms with van der Waals surface area (Å²) in [6.45, 7) is 1.57. The van der Waals surface area contributed by atoms with E-state index in [0.717, 1.165) is 24.0 Å². The van der Waals surface area contributed by atoms with Gasteiger partial charge in [-0.2, -0.15) is 9.29 Å². The van der Waals surface area contributed by atoms with Gasteiger partial charge in [0.15, 0.2) is 0 Å². The smallest absolute Gasteiger partial charge is 0.269 e. The van der Waals surface area contributed by atoms with Gasteiger partial charge in [0, 0.05) is 25.2 Å². The fourth-order valence-electron chi connectivity index (χ4n) is 2.95. The number of halogens is 1. The summed E-state index contributed by atoms with van der Waals surface area (Å²) in [4.78, 5) is 5.11. The van der Waals surface area contributed by atoms with E-state index < -0.39 is 10.0 Å². The Balaban J connectivity index is 0.00000210. The van der Waals surface area contributed by atoms with Gasteiger partial charge in [0.1, 0.15) is 9.77 Å². The molecule has 0 saturated carbocycles. The lowest BCUT2D eigenvalue weighted by Gasteiger charge is -2.14. The Labute approximate surface area is 167 Å². The van der Waals surface area contributed by atoms with Crippen LogP contribution in [0, 0.1) is 0 Å². The van der Waals surface area contributed by atoms with Gasteiger partial charge in [-0.3, -0.25) is 0 Å². The van der Waals surface area contributed by atoms with Gasteiger partial charge in [-0.05, 0) is 29.9 Å². The molecule has 144 valence electrons. The molecule has 0 unspecified atom stereocenters. The van der Waals surface area contributed by atoms with Crippen LogP contribution < -0.4 is 5.73 Å². The van der Waals surface area contributed by atoms with Crippen LogP contribution in [0.5, 0.6) is 0 Å². The van der Waals surface area contributed by atoms with Crippen LogP contribution in [0.3, 0.4) is 0 Å². The van der Waals surface area contributed by atoms with Gasteiger partial charge in [0.25, 0.3) is 5.89 Å². The monoisotopic (exact) mass is 426 g/mol. The summed E-state index contributed by atoms with van der Waals surface area (Å²) in [5.74, 6) is 0.636. The van der Waals surface area contributed by atoms with Gasteiger partial charge in [-0.25, -0.2) is 8.42 Å². The normalized spacial score (nSPS) is 15.0. The third kappa shape index (κ3) is 3.78. The molecule has 0 bridgehead atoms. The van der Waals surface area contributed by atoms with Crippen molar-refractivity contribution in [1.82, 2.24) is 14.4 Å². The van der Waals surface area contributed by atoms with Gasteiger partial charge in [0.2, 0.25) is 15.8 Å². The average molecular weight is 427 g/mol. The first kappa shape index (κ1) is 20.0. The summed E-state index contributed by atoms with van der Waals surface area (Å²) in [5.41, 5.74) is 7.41. The molecule has 27 heavy (non-hydrogen) atoms. The van der Waals surface area contributed by atoms with E-state index in [-0.39, 0.29) is 23.2 Å². The van der Waals surface area contributed by atoms with Crippen LogP contribution in [-0.2, 0) is 16.6 Å². The summed E-state index contributed by atoms with van der Waals surface area (Å²) >= 11 is 1.28. The van der Waals surface area contributed by atoms with Gasteiger partial charge < -0.3 is 10.3 Å². The molecule has 4 rings (SSSR count). The molecule has 0 spiro atoms. The molecule has 1 aliphatic rings. The molecular formula is C17H19ClN4O3S2. The molecule has 3 aromatic rings.